The number of aromatic nitrogens is 4. The predicted molar refractivity (Wildman–Crippen MR) is 141 cm³/mol. The summed E-state index contributed by atoms with van der Waals surface area (Å²) < 4.78 is 27.8. The number of nitrogens with one attached hydrogen (secondary N) is 2. The van der Waals surface area contributed by atoms with Crippen LogP contribution in [0.25, 0.3) is 17.5 Å². The lowest BCUT2D eigenvalue weighted by atomic mass is 10.1. The van der Waals surface area contributed by atoms with Crippen LogP contribution in [0.5, 0.6) is 0 Å². The zero-order valence-corrected chi connectivity index (χ0v) is 22.5. The zero-order chi connectivity index (χ0) is 24.6. The first-order valence-corrected chi connectivity index (χ1v) is 14.2. The van der Waals surface area contributed by atoms with Crippen molar-refractivity contribution < 1.29 is 13.2 Å². The van der Waals surface area contributed by atoms with Crippen molar-refractivity contribution in [3.05, 3.63) is 85.6 Å². The summed E-state index contributed by atoms with van der Waals surface area (Å²) in [6, 6.07) is 17.5. The molecule has 0 saturated carbocycles. The Labute approximate surface area is 221 Å². The highest BCUT2D eigenvalue weighted by Gasteiger charge is 2.25. The number of fused-ring (bicyclic) bond motifs is 1. The minimum Gasteiger partial charge on any atom is -0.320 e. The second kappa shape index (κ2) is 9.69. The summed E-state index contributed by atoms with van der Waals surface area (Å²) in [7, 11) is -3.63. The van der Waals surface area contributed by atoms with Crippen LogP contribution >= 0.6 is 43.6 Å². The molecule has 4 aromatic rings. The maximum Gasteiger partial charge on any atom is 0.262 e. The lowest BCUT2D eigenvalue weighted by molar-refractivity contribution is -0.112. The number of benzene rings is 3. The Bertz CT molecular complexity index is 1550. The van der Waals surface area contributed by atoms with Crippen molar-refractivity contribution in [3.8, 4) is 11.4 Å². The fourth-order valence-electron chi connectivity index (χ4n) is 3.44. The summed E-state index contributed by atoms with van der Waals surface area (Å²) in [5.41, 5.74) is 2.82. The largest absolute Gasteiger partial charge is 0.320 e. The Kier molecular flexibility index (Phi) is 6.62. The number of amides is 1. The van der Waals surface area contributed by atoms with Gasteiger partial charge >= 0.3 is 0 Å². The molecule has 2 N–H and O–H groups in total. The molecule has 1 aliphatic heterocycles. The second-order valence-corrected chi connectivity index (χ2v) is 12.3. The summed E-state index contributed by atoms with van der Waals surface area (Å²) in [5, 5.41) is 16.7. The molecule has 0 aliphatic carbocycles. The maximum atomic E-state index is 13.2. The van der Waals surface area contributed by atoms with Crippen LogP contribution in [0.3, 0.4) is 0 Å². The SMILES string of the molecule is O=C1Nc2ccc(S(=O)(=O)Cc3c(Br)cccc3Br)cc2S/C1=C\c1ccc(-c2nn[nH]n2)cc1. The fourth-order valence-corrected chi connectivity index (χ4v) is 7.58. The van der Waals surface area contributed by atoms with Crippen molar-refractivity contribution >= 4 is 71.1 Å². The third-order valence-corrected chi connectivity index (χ3v) is 9.42. The van der Waals surface area contributed by atoms with Crippen molar-refractivity contribution in [2.24, 2.45) is 0 Å². The molecule has 0 saturated heterocycles. The quantitative estimate of drug-likeness (QED) is 0.281. The van der Waals surface area contributed by atoms with Crippen molar-refractivity contribution in [3.63, 3.8) is 0 Å². The number of carbonyl (C=O) groups is 1. The summed E-state index contributed by atoms with van der Waals surface area (Å²) in [6.07, 6.45) is 1.75. The van der Waals surface area contributed by atoms with Crippen molar-refractivity contribution in [2.75, 3.05) is 5.32 Å². The summed E-state index contributed by atoms with van der Waals surface area (Å²) in [5.74, 6) is 0.0592. The van der Waals surface area contributed by atoms with Crippen LogP contribution in [0, 0.1) is 0 Å². The molecule has 5 rings (SSSR count). The van der Waals surface area contributed by atoms with E-state index in [1.54, 1.807) is 30.3 Å². The number of H-pyrrole nitrogens is 1. The minimum absolute atomic E-state index is 0.166. The molecule has 0 unspecified atom stereocenters. The summed E-state index contributed by atoms with van der Waals surface area (Å²) in [4.78, 5) is 13.9. The van der Waals surface area contributed by atoms with Gasteiger partial charge in [-0.05, 0) is 52.7 Å². The average molecular weight is 633 g/mol. The third kappa shape index (κ3) is 5.10. The van der Waals surface area contributed by atoms with Crippen molar-refractivity contribution in [1.29, 1.82) is 0 Å². The van der Waals surface area contributed by atoms with Crippen molar-refractivity contribution in [2.45, 2.75) is 15.5 Å². The van der Waals surface area contributed by atoms with Crippen molar-refractivity contribution in [1.82, 2.24) is 20.6 Å². The van der Waals surface area contributed by atoms with Crippen LogP contribution in [0.2, 0.25) is 0 Å². The van der Waals surface area contributed by atoms with Crippen LogP contribution in [0.4, 0.5) is 5.69 Å². The molecule has 176 valence electrons. The average Bonchev–Trinajstić information content (AvgIpc) is 3.37. The van der Waals surface area contributed by atoms with E-state index in [2.05, 4.69) is 57.8 Å². The van der Waals surface area contributed by atoms with Gasteiger partial charge in [-0.1, -0.05) is 74.0 Å². The van der Waals surface area contributed by atoms with Gasteiger partial charge in [-0.25, -0.2) is 8.42 Å². The molecule has 35 heavy (non-hydrogen) atoms. The molecule has 0 fully saturated rings. The number of anilines is 1. The summed E-state index contributed by atoms with van der Waals surface area (Å²) >= 11 is 8.09. The maximum absolute atomic E-state index is 13.2. The highest BCUT2D eigenvalue weighted by molar-refractivity contribution is 9.11. The number of nitrogens with zero attached hydrogens (tertiary/aromatic N) is 3. The first kappa shape index (κ1) is 23.9. The number of carbonyl (C=O) groups excluding carboxylic acids is 1. The van der Waals surface area contributed by atoms with Gasteiger partial charge in [0.1, 0.15) is 0 Å². The lowest BCUT2D eigenvalue weighted by Gasteiger charge is -2.19. The monoisotopic (exact) mass is 631 g/mol. The Morgan fingerprint density at radius 1 is 1.00 bits per heavy atom. The molecule has 1 aromatic heterocycles. The van der Waals surface area contributed by atoms with Crippen LogP contribution in [-0.4, -0.2) is 34.9 Å². The van der Waals surface area contributed by atoms with E-state index in [9.17, 15) is 13.2 Å². The topological polar surface area (TPSA) is 118 Å². The van der Waals surface area contributed by atoms with E-state index in [0.717, 1.165) is 11.1 Å². The van der Waals surface area contributed by atoms with Crippen LogP contribution in [-0.2, 0) is 20.4 Å². The highest BCUT2D eigenvalue weighted by Crippen LogP contribution is 2.41. The number of halogens is 2. The normalized spacial score (nSPS) is 14.6. The Balaban J connectivity index is 1.41. The van der Waals surface area contributed by atoms with Gasteiger partial charge in [-0.3, -0.25) is 4.79 Å². The van der Waals surface area contributed by atoms with E-state index in [1.807, 2.05) is 30.3 Å². The Morgan fingerprint density at radius 3 is 2.43 bits per heavy atom. The van der Waals surface area contributed by atoms with Gasteiger partial charge in [0.2, 0.25) is 5.82 Å². The minimum atomic E-state index is -3.63. The van der Waals surface area contributed by atoms with Gasteiger partial charge in [0.05, 0.1) is 21.2 Å². The molecule has 0 radical (unpaired) electrons. The molecule has 0 spiro atoms. The molecule has 0 atom stereocenters. The molecular formula is C23H15Br2N5O3S2. The zero-order valence-electron chi connectivity index (χ0n) is 17.7. The molecule has 1 amide bonds. The molecule has 0 bridgehead atoms. The third-order valence-electron chi connectivity index (χ3n) is 5.21. The molecule has 3 aromatic carbocycles. The van der Waals surface area contributed by atoms with Gasteiger partial charge < -0.3 is 5.32 Å². The second-order valence-electron chi connectivity index (χ2n) is 7.54. The van der Waals surface area contributed by atoms with Crippen LogP contribution in [0.15, 0.2) is 84.3 Å². The Hall–Kier alpha value is -2.80. The van der Waals surface area contributed by atoms with E-state index in [0.29, 0.717) is 35.8 Å². The van der Waals surface area contributed by atoms with Gasteiger partial charge in [-0.15, -0.1) is 10.2 Å². The molecule has 8 nitrogen and oxygen atoms in total. The van der Waals surface area contributed by atoms with E-state index in [1.165, 1.54) is 17.8 Å². The number of sulfone groups is 1. The molecule has 2 heterocycles. The number of hydrogen-bond donors (Lipinski definition) is 2. The van der Waals surface area contributed by atoms with E-state index in [-0.39, 0.29) is 16.6 Å². The van der Waals surface area contributed by atoms with Gasteiger partial charge in [-0.2, -0.15) is 5.21 Å². The van der Waals surface area contributed by atoms with E-state index in [4.69, 9.17) is 0 Å². The lowest BCUT2D eigenvalue weighted by Crippen LogP contribution is -2.17. The number of thioether (sulfide) groups is 1. The smallest absolute Gasteiger partial charge is 0.262 e. The van der Waals surface area contributed by atoms with E-state index < -0.39 is 9.84 Å². The highest BCUT2D eigenvalue weighted by atomic mass is 79.9. The number of aromatic amines is 1. The van der Waals surface area contributed by atoms with Gasteiger partial charge in [0.15, 0.2) is 9.84 Å². The van der Waals surface area contributed by atoms with Crippen LogP contribution < -0.4 is 5.32 Å². The summed E-state index contributed by atoms with van der Waals surface area (Å²) in [6.45, 7) is 0. The number of hydrogen-bond acceptors (Lipinski definition) is 7. The number of tetrazole rings is 1. The fraction of sp³-hybridized carbons (Fsp3) is 0.0435. The first-order chi connectivity index (χ1) is 16.8. The predicted octanol–water partition coefficient (Wildman–Crippen LogP) is 5.45. The molecular weight excluding hydrogens is 618 g/mol. The van der Waals surface area contributed by atoms with E-state index >= 15 is 0 Å². The standard InChI is InChI=1S/C23H15Br2N5O3S2/c24-17-2-1-3-18(25)16(17)12-35(32,33)15-8-9-19-20(11-15)34-21(23(31)26-19)10-13-4-6-14(7-5-13)22-27-29-30-28-22/h1-11H,12H2,(H,26,31)(H,27,28,29,30)/b21-10-. The molecule has 1 aliphatic rings. The first-order valence-electron chi connectivity index (χ1n) is 10.1. The van der Waals surface area contributed by atoms with Crippen LogP contribution in [0.1, 0.15) is 11.1 Å². The van der Waals surface area contributed by atoms with Gasteiger partial charge in [0.25, 0.3) is 5.91 Å². The number of rotatable bonds is 5. The van der Waals surface area contributed by atoms with Gasteiger partial charge in [0, 0.05) is 19.4 Å². The Morgan fingerprint density at radius 2 is 1.74 bits per heavy atom. The molecule has 12 heteroatoms.